The van der Waals surface area contributed by atoms with Crippen LogP contribution in [0.1, 0.15) is 30.6 Å². The summed E-state index contributed by atoms with van der Waals surface area (Å²) in [7, 11) is 0. The van der Waals surface area contributed by atoms with Crippen LogP contribution in [0, 0.1) is 0 Å². The first-order valence-corrected chi connectivity index (χ1v) is 4.90. The lowest BCUT2D eigenvalue weighted by molar-refractivity contribution is 0.0955. The third-order valence-electron chi connectivity index (χ3n) is 0.964. The summed E-state index contributed by atoms with van der Waals surface area (Å²) in [6.07, 6.45) is 1.62. The van der Waals surface area contributed by atoms with Crippen molar-refractivity contribution in [3.63, 3.8) is 0 Å². The molecule has 12 heavy (non-hydrogen) atoms. The van der Waals surface area contributed by atoms with Crippen molar-refractivity contribution >= 4 is 17.2 Å². The normalized spacial score (nSPS) is 8.25. The molecule has 4 heteroatoms. The highest BCUT2D eigenvalue weighted by Crippen LogP contribution is 2.02. The molecule has 0 unspecified atom stereocenters. The van der Waals surface area contributed by atoms with Crippen LogP contribution in [0.5, 0.6) is 0 Å². The fraction of sp³-hybridized carbons (Fsp3) is 0.500. The second kappa shape index (κ2) is 6.79. The van der Waals surface area contributed by atoms with Gasteiger partial charge in [0.25, 0.3) is 5.91 Å². The molecule has 0 aromatic carbocycles. The maximum atomic E-state index is 10.9. The highest BCUT2D eigenvalue weighted by molar-refractivity contribution is 7.11. The van der Waals surface area contributed by atoms with Crippen LogP contribution in [0.4, 0.5) is 0 Å². The van der Waals surface area contributed by atoms with Crippen LogP contribution in [0.3, 0.4) is 0 Å². The van der Waals surface area contributed by atoms with E-state index in [9.17, 15) is 4.79 Å². The van der Waals surface area contributed by atoms with Crippen molar-refractivity contribution in [2.24, 2.45) is 0 Å². The molecule has 1 N–H and O–H groups in total. The molecule has 0 aliphatic carbocycles. The zero-order valence-electron chi connectivity index (χ0n) is 7.63. The molecule has 0 saturated carbocycles. The number of carbonyl (C=O) groups excluding carboxylic acids is 1. The molecule has 1 aromatic heterocycles. The Kier molecular flexibility index (Phi) is 6.28. The Labute approximate surface area is 76.8 Å². The predicted molar refractivity (Wildman–Crippen MR) is 51.5 cm³/mol. The number of amides is 1. The summed E-state index contributed by atoms with van der Waals surface area (Å²) in [5.74, 6) is -0.0856. The number of hydrogen-bond donors (Lipinski definition) is 1. The third-order valence-corrected chi connectivity index (χ3v) is 1.74. The molecule has 1 amide bonds. The molecule has 0 fully saturated rings. The van der Waals surface area contributed by atoms with Gasteiger partial charge < -0.3 is 5.32 Å². The highest BCUT2D eigenvalue weighted by atomic mass is 32.1. The standard InChI is InChI=1S/C6H8N2OS.C2H6/c1-2-7-5(9)6-8-3-4-10-6;1-2/h3-4H,2H2,1H3,(H,7,9);1-2H3. The molecule has 68 valence electrons. The van der Waals surface area contributed by atoms with Crippen LogP contribution in [0.25, 0.3) is 0 Å². The Morgan fingerprint density at radius 1 is 1.67 bits per heavy atom. The van der Waals surface area contributed by atoms with Gasteiger partial charge in [-0.3, -0.25) is 4.79 Å². The molecule has 0 bridgehead atoms. The number of hydrogen-bond acceptors (Lipinski definition) is 3. The van der Waals surface area contributed by atoms with Gasteiger partial charge in [0, 0.05) is 18.1 Å². The summed E-state index contributed by atoms with van der Waals surface area (Å²) in [5, 5.41) is 4.97. The van der Waals surface area contributed by atoms with Gasteiger partial charge in [0.05, 0.1) is 0 Å². The quantitative estimate of drug-likeness (QED) is 0.766. The average molecular weight is 186 g/mol. The van der Waals surface area contributed by atoms with E-state index in [-0.39, 0.29) is 5.91 Å². The summed E-state index contributed by atoms with van der Waals surface area (Å²) >= 11 is 1.35. The second-order valence-corrected chi connectivity index (χ2v) is 2.59. The Morgan fingerprint density at radius 3 is 2.75 bits per heavy atom. The smallest absolute Gasteiger partial charge is 0.280 e. The summed E-state index contributed by atoms with van der Waals surface area (Å²) in [6.45, 7) is 6.53. The van der Waals surface area contributed by atoms with E-state index in [2.05, 4.69) is 10.3 Å². The molecule has 0 saturated heterocycles. The number of rotatable bonds is 2. The third kappa shape index (κ3) is 3.48. The van der Waals surface area contributed by atoms with Crippen LogP contribution < -0.4 is 5.32 Å². The van der Waals surface area contributed by atoms with Crippen molar-refractivity contribution in [2.75, 3.05) is 6.54 Å². The second-order valence-electron chi connectivity index (χ2n) is 1.70. The lowest BCUT2D eigenvalue weighted by Gasteiger charge is -1.94. The van der Waals surface area contributed by atoms with Crippen molar-refractivity contribution in [1.82, 2.24) is 10.3 Å². The Bertz CT molecular complexity index is 209. The van der Waals surface area contributed by atoms with Crippen LogP contribution in [0.15, 0.2) is 11.6 Å². The summed E-state index contributed by atoms with van der Waals surface area (Å²) in [5.41, 5.74) is 0. The SMILES string of the molecule is CC.CCNC(=O)c1nccs1. The molecule has 0 radical (unpaired) electrons. The number of nitrogens with one attached hydrogen (secondary N) is 1. The lowest BCUT2D eigenvalue weighted by Crippen LogP contribution is -2.22. The number of carbonyl (C=O) groups is 1. The van der Waals surface area contributed by atoms with Crippen LogP contribution >= 0.6 is 11.3 Å². The number of nitrogens with zero attached hydrogens (tertiary/aromatic N) is 1. The molecule has 3 nitrogen and oxygen atoms in total. The van der Waals surface area contributed by atoms with Gasteiger partial charge in [-0.2, -0.15) is 0 Å². The van der Waals surface area contributed by atoms with Crippen molar-refractivity contribution < 1.29 is 4.79 Å². The van der Waals surface area contributed by atoms with Crippen LogP contribution in [-0.4, -0.2) is 17.4 Å². The monoisotopic (exact) mass is 186 g/mol. The van der Waals surface area contributed by atoms with Gasteiger partial charge in [0.1, 0.15) is 0 Å². The Balaban J connectivity index is 0.000000561. The van der Waals surface area contributed by atoms with E-state index < -0.39 is 0 Å². The van der Waals surface area contributed by atoms with Crippen molar-refractivity contribution in [3.8, 4) is 0 Å². The maximum Gasteiger partial charge on any atom is 0.280 e. The molecule has 1 heterocycles. The van der Waals surface area contributed by atoms with Gasteiger partial charge in [0.2, 0.25) is 0 Å². The number of thiazole rings is 1. The van der Waals surface area contributed by atoms with Gasteiger partial charge in [-0.15, -0.1) is 11.3 Å². The molecule has 0 atom stereocenters. The first-order valence-electron chi connectivity index (χ1n) is 4.02. The van der Waals surface area contributed by atoms with Crippen molar-refractivity contribution in [3.05, 3.63) is 16.6 Å². The molecule has 1 aromatic rings. The van der Waals surface area contributed by atoms with Crippen molar-refractivity contribution in [2.45, 2.75) is 20.8 Å². The molecule has 0 spiro atoms. The minimum Gasteiger partial charge on any atom is -0.350 e. The predicted octanol–water partition coefficient (Wildman–Crippen LogP) is 1.92. The minimum absolute atomic E-state index is 0.0856. The molecule has 0 aliphatic rings. The first-order chi connectivity index (χ1) is 5.84. The largest absolute Gasteiger partial charge is 0.350 e. The van der Waals surface area contributed by atoms with E-state index >= 15 is 0 Å². The van der Waals surface area contributed by atoms with E-state index in [4.69, 9.17) is 0 Å². The summed E-state index contributed by atoms with van der Waals surface area (Å²) in [4.78, 5) is 14.8. The van der Waals surface area contributed by atoms with E-state index in [0.29, 0.717) is 11.6 Å². The van der Waals surface area contributed by atoms with E-state index in [1.807, 2.05) is 20.8 Å². The topological polar surface area (TPSA) is 42.0 Å². The molecular formula is C8H14N2OS. The van der Waals surface area contributed by atoms with Gasteiger partial charge in [-0.25, -0.2) is 4.98 Å². The van der Waals surface area contributed by atoms with Gasteiger partial charge in [-0.05, 0) is 6.92 Å². The zero-order chi connectivity index (χ0) is 9.40. The molecule has 1 rings (SSSR count). The fourth-order valence-corrected chi connectivity index (χ4v) is 1.12. The van der Waals surface area contributed by atoms with Gasteiger partial charge in [0.15, 0.2) is 5.01 Å². The lowest BCUT2D eigenvalue weighted by atomic mass is 10.6. The van der Waals surface area contributed by atoms with Crippen LogP contribution in [-0.2, 0) is 0 Å². The zero-order valence-corrected chi connectivity index (χ0v) is 8.44. The Morgan fingerprint density at radius 2 is 2.33 bits per heavy atom. The summed E-state index contributed by atoms with van der Waals surface area (Å²) < 4.78 is 0. The van der Waals surface area contributed by atoms with Gasteiger partial charge >= 0.3 is 0 Å². The van der Waals surface area contributed by atoms with Crippen molar-refractivity contribution in [1.29, 1.82) is 0 Å². The van der Waals surface area contributed by atoms with E-state index in [1.54, 1.807) is 11.6 Å². The molecule has 0 aliphatic heterocycles. The van der Waals surface area contributed by atoms with E-state index in [1.165, 1.54) is 11.3 Å². The minimum atomic E-state index is -0.0856. The van der Waals surface area contributed by atoms with Gasteiger partial charge in [-0.1, -0.05) is 13.8 Å². The van der Waals surface area contributed by atoms with E-state index in [0.717, 1.165) is 0 Å². The van der Waals surface area contributed by atoms with Crippen LogP contribution in [0.2, 0.25) is 0 Å². The Hall–Kier alpha value is -0.900. The fourth-order valence-electron chi connectivity index (χ4n) is 0.572. The summed E-state index contributed by atoms with van der Waals surface area (Å²) in [6, 6.07) is 0. The number of aromatic nitrogens is 1. The average Bonchev–Trinajstić information content (AvgIpc) is 2.60. The molecular weight excluding hydrogens is 172 g/mol. The highest BCUT2D eigenvalue weighted by Gasteiger charge is 2.04. The maximum absolute atomic E-state index is 10.9. The first kappa shape index (κ1) is 11.1.